The molecule has 3 rings (SSSR count). The summed E-state index contributed by atoms with van der Waals surface area (Å²) in [4.78, 5) is 12.6. The van der Waals surface area contributed by atoms with Crippen LogP contribution in [0.1, 0.15) is 15.9 Å². The molecule has 0 amide bonds. The van der Waals surface area contributed by atoms with Crippen LogP contribution in [0.3, 0.4) is 0 Å². The third-order valence-corrected chi connectivity index (χ3v) is 3.98. The quantitative estimate of drug-likeness (QED) is 0.515. The van der Waals surface area contributed by atoms with Crippen LogP contribution in [0.15, 0.2) is 72.8 Å². The number of benzene rings is 3. The second kappa shape index (κ2) is 7.66. The van der Waals surface area contributed by atoms with Gasteiger partial charge in [-0.3, -0.25) is 4.79 Å². The molecule has 0 bridgehead atoms. The molecule has 3 aromatic rings. The number of rotatable bonds is 5. The number of carbonyl (C=O) groups excluding carboxylic acids is 1. The molecule has 3 aromatic carbocycles. The lowest BCUT2D eigenvalue weighted by Crippen LogP contribution is -1.97. The first-order chi connectivity index (χ1) is 12.6. The predicted molar refractivity (Wildman–Crippen MR) is 99.9 cm³/mol. The van der Waals surface area contributed by atoms with E-state index in [1.165, 1.54) is 31.4 Å². The van der Waals surface area contributed by atoms with Crippen molar-refractivity contribution < 1.29 is 19.0 Å². The Morgan fingerprint density at radius 2 is 1.77 bits per heavy atom. The molecule has 130 valence electrons. The Kier molecular flexibility index (Phi) is 5.13. The number of hydrogen-bond donors (Lipinski definition) is 1. The molecule has 4 heteroatoms. The topological polar surface area (TPSA) is 46.5 Å². The number of ether oxygens (including phenoxy) is 1. The maximum atomic E-state index is 13.1. The zero-order valence-corrected chi connectivity index (χ0v) is 14.1. The van der Waals surface area contributed by atoms with Crippen molar-refractivity contribution in [1.82, 2.24) is 0 Å². The zero-order valence-electron chi connectivity index (χ0n) is 14.1. The van der Waals surface area contributed by atoms with Crippen molar-refractivity contribution in [3.63, 3.8) is 0 Å². The summed E-state index contributed by atoms with van der Waals surface area (Å²) in [5, 5.41) is 9.81. The van der Waals surface area contributed by atoms with E-state index in [9.17, 15) is 14.3 Å². The van der Waals surface area contributed by atoms with E-state index in [0.29, 0.717) is 16.9 Å². The summed E-state index contributed by atoms with van der Waals surface area (Å²) in [5.41, 5.74) is 2.70. The van der Waals surface area contributed by atoms with E-state index in [0.717, 1.165) is 11.1 Å². The molecule has 0 aromatic heterocycles. The molecule has 0 saturated heterocycles. The summed E-state index contributed by atoms with van der Waals surface area (Å²) in [6.07, 6.45) is 3.08. The van der Waals surface area contributed by atoms with E-state index in [1.807, 2.05) is 12.1 Å². The van der Waals surface area contributed by atoms with Gasteiger partial charge in [0.1, 0.15) is 5.82 Å². The first kappa shape index (κ1) is 17.4. The normalized spacial score (nSPS) is 10.8. The highest BCUT2D eigenvalue weighted by Gasteiger charge is 2.10. The Balaban J connectivity index is 1.89. The highest BCUT2D eigenvalue weighted by molar-refractivity contribution is 6.10. The van der Waals surface area contributed by atoms with Crippen LogP contribution in [0.4, 0.5) is 4.39 Å². The van der Waals surface area contributed by atoms with Gasteiger partial charge in [-0.25, -0.2) is 4.39 Å². The number of phenolic OH excluding ortho intramolecular Hbond substituents is 1. The Bertz CT molecular complexity index is 959. The number of carbonyl (C=O) groups is 1. The van der Waals surface area contributed by atoms with Gasteiger partial charge in [0.2, 0.25) is 0 Å². The van der Waals surface area contributed by atoms with E-state index in [2.05, 4.69) is 0 Å². The van der Waals surface area contributed by atoms with Crippen LogP contribution >= 0.6 is 0 Å². The summed E-state index contributed by atoms with van der Waals surface area (Å²) < 4.78 is 18.1. The Morgan fingerprint density at radius 1 is 1.04 bits per heavy atom. The van der Waals surface area contributed by atoms with Crippen molar-refractivity contribution >= 4 is 11.9 Å². The summed E-state index contributed by atoms with van der Waals surface area (Å²) in [7, 11) is 1.47. The monoisotopic (exact) mass is 348 g/mol. The number of allylic oxidation sites excluding steroid dienone is 1. The molecule has 0 aliphatic carbocycles. The minimum Gasteiger partial charge on any atom is -0.504 e. The molecule has 0 aliphatic heterocycles. The fourth-order valence-electron chi connectivity index (χ4n) is 2.65. The maximum absolute atomic E-state index is 13.1. The average molecular weight is 348 g/mol. The molecule has 0 atom stereocenters. The number of hydrogen-bond acceptors (Lipinski definition) is 3. The second-order valence-electron chi connectivity index (χ2n) is 5.68. The van der Waals surface area contributed by atoms with Gasteiger partial charge >= 0.3 is 0 Å². The van der Waals surface area contributed by atoms with Gasteiger partial charge in [-0.05, 0) is 47.0 Å². The van der Waals surface area contributed by atoms with Crippen LogP contribution < -0.4 is 4.74 Å². The van der Waals surface area contributed by atoms with Crippen LogP contribution in [0.5, 0.6) is 11.5 Å². The van der Waals surface area contributed by atoms with E-state index < -0.39 is 0 Å². The van der Waals surface area contributed by atoms with Crippen molar-refractivity contribution in [2.24, 2.45) is 0 Å². The van der Waals surface area contributed by atoms with E-state index in [4.69, 9.17) is 4.74 Å². The van der Waals surface area contributed by atoms with Crippen LogP contribution in [0.2, 0.25) is 0 Å². The van der Waals surface area contributed by atoms with Crippen LogP contribution in [-0.4, -0.2) is 18.0 Å². The second-order valence-corrected chi connectivity index (χ2v) is 5.68. The SMILES string of the molecule is COc1ccc(/C=C/C(=O)c2ccccc2-c2ccc(F)cc2)cc1O. The number of methoxy groups -OCH3 is 1. The summed E-state index contributed by atoms with van der Waals surface area (Å²) in [6, 6.07) is 18.1. The van der Waals surface area contributed by atoms with E-state index in [-0.39, 0.29) is 17.3 Å². The smallest absolute Gasteiger partial charge is 0.186 e. The fourth-order valence-corrected chi connectivity index (χ4v) is 2.65. The molecule has 3 nitrogen and oxygen atoms in total. The van der Waals surface area contributed by atoms with Crippen molar-refractivity contribution in [2.75, 3.05) is 7.11 Å². The molecule has 26 heavy (non-hydrogen) atoms. The van der Waals surface area contributed by atoms with Crippen LogP contribution in [0, 0.1) is 5.82 Å². The highest BCUT2D eigenvalue weighted by Crippen LogP contribution is 2.27. The van der Waals surface area contributed by atoms with Crippen LogP contribution in [0.25, 0.3) is 17.2 Å². The van der Waals surface area contributed by atoms with Gasteiger partial charge in [-0.15, -0.1) is 0 Å². The van der Waals surface area contributed by atoms with E-state index >= 15 is 0 Å². The first-order valence-corrected chi connectivity index (χ1v) is 8.03. The number of halogens is 1. The third kappa shape index (κ3) is 3.81. The molecular formula is C22H17FO3. The molecule has 0 heterocycles. The lowest BCUT2D eigenvalue weighted by molar-refractivity contribution is 0.104. The van der Waals surface area contributed by atoms with Crippen LogP contribution in [-0.2, 0) is 0 Å². The fraction of sp³-hybridized carbons (Fsp3) is 0.0455. The lowest BCUT2D eigenvalue weighted by atomic mass is 9.96. The third-order valence-electron chi connectivity index (χ3n) is 3.98. The Labute approximate surface area is 151 Å². The molecule has 0 aliphatic rings. The lowest BCUT2D eigenvalue weighted by Gasteiger charge is -2.07. The van der Waals surface area contributed by atoms with Crippen molar-refractivity contribution in [2.45, 2.75) is 0 Å². The maximum Gasteiger partial charge on any atom is 0.186 e. The molecule has 0 fully saturated rings. The number of phenols is 1. The Hall–Kier alpha value is -3.40. The Morgan fingerprint density at radius 3 is 2.46 bits per heavy atom. The van der Waals surface area contributed by atoms with Gasteiger partial charge in [0.15, 0.2) is 17.3 Å². The minimum absolute atomic E-state index is 0.00816. The van der Waals surface area contributed by atoms with Gasteiger partial charge in [-0.1, -0.05) is 48.5 Å². The average Bonchev–Trinajstić information content (AvgIpc) is 2.67. The van der Waals surface area contributed by atoms with Crippen molar-refractivity contribution in [1.29, 1.82) is 0 Å². The summed E-state index contributed by atoms with van der Waals surface area (Å²) in [6.45, 7) is 0. The standard InChI is InChI=1S/C22H17FO3/c1-26-22-13-7-15(14-21(22)25)6-12-20(24)19-5-3-2-4-18(19)16-8-10-17(23)11-9-16/h2-14,25H,1H3/b12-6+. The van der Waals surface area contributed by atoms with Gasteiger partial charge in [0.05, 0.1) is 7.11 Å². The molecule has 0 saturated carbocycles. The molecule has 0 spiro atoms. The van der Waals surface area contributed by atoms with Gasteiger partial charge in [-0.2, -0.15) is 0 Å². The zero-order chi connectivity index (χ0) is 18.5. The van der Waals surface area contributed by atoms with Gasteiger partial charge < -0.3 is 9.84 Å². The number of aromatic hydroxyl groups is 1. The minimum atomic E-state index is -0.322. The molecule has 0 radical (unpaired) electrons. The van der Waals surface area contributed by atoms with Gasteiger partial charge in [0, 0.05) is 5.56 Å². The molecule has 0 unspecified atom stereocenters. The predicted octanol–water partition coefficient (Wildman–Crippen LogP) is 5.10. The molecular weight excluding hydrogens is 331 g/mol. The van der Waals surface area contributed by atoms with Gasteiger partial charge in [0.25, 0.3) is 0 Å². The summed E-state index contributed by atoms with van der Waals surface area (Å²) in [5.74, 6) is -0.124. The molecule has 1 N–H and O–H groups in total. The highest BCUT2D eigenvalue weighted by atomic mass is 19.1. The summed E-state index contributed by atoms with van der Waals surface area (Å²) >= 11 is 0. The van der Waals surface area contributed by atoms with Crippen molar-refractivity contribution in [3.05, 3.63) is 89.8 Å². The largest absolute Gasteiger partial charge is 0.504 e. The first-order valence-electron chi connectivity index (χ1n) is 8.03. The van der Waals surface area contributed by atoms with Crippen molar-refractivity contribution in [3.8, 4) is 22.6 Å². The number of ketones is 1. The van der Waals surface area contributed by atoms with E-state index in [1.54, 1.807) is 42.5 Å².